The van der Waals surface area contributed by atoms with E-state index in [0.717, 1.165) is 24.0 Å². The summed E-state index contributed by atoms with van der Waals surface area (Å²) in [5.74, 6) is -0.633. The molecule has 13 heteroatoms. The number of carbonyl (C=O) groups excluding carboxylic acids is 3. The van der Waals surface area contributed by atoms with Crippen LogP contribution in [0.4, 0.5) is 10.5 Å². The minimum atomic E-state index is -1.80. The molecule has 2 saturated heterocycles. The third-order valence-corrected chi connectivity index (χ3v) is 9.56. The van der Waals surface area contributed by atoms with Gasteiger partial charge in [0.15, 0.2) is 11.3 Å². The molecule has 0 aromatic heterocycles. The number of ether oxygens (including phenoxy) is 6. The molecular formula is C35H49ClN2O10. The Labute approximate surface area is 287 Å². The van der Waals surface area contributed by atoms with Crippen molar-refractivity contribution < 1.29 is 47.9 Å². The Kier molecular flexibility index (Phi) is 11.9. The average molecular weight is 693 g/mol. The lowest BCUT2D eigenvalue weighted by molar-refractivity contribution is -0.282. The monoisotopic (exact) mass is 692 g/mol. The van der Waals surface area contributed by atoms with E-state index >= 15 is 0 Å². The van der Waals surface area contributed by atoms with Gasteiger partial charge >= 0.3 is 12.1 Å². The molecule has 0 saturated carbocycles. The number of rotatable bonds is 8. The molecule has 12 nitrogen and oxygen atoms in total. The van der Waals surface area contributed by atoms with Crippen molar-refractivity contribution in [1.82, 2.24) is 5.32 Å². The molecule has 4 aliphatic rings. The predicted molar refractivity (Wildman–Crippen MR) is 179 cm³/mol. The number of hydrogen-bond acceptors (Lipinski definition) is 10. The fourth-order valence-electron chi connectivity index (χ4n) is 6.17. The molecule has 1 aromatic rings. The highest BCUT2D eigenvalue weighted by Gasteiger charge is 2.57. The summed E-state index contributed by atoms with van der Waals surface area (Å²) < 4.78 is 34.9. The fraction of sp³-hybridized carbons (Fsp3) is 0.629. The summed E-state index contributed by atoms with van der Waals surface area (Å²) >= 11 is 6.73. The zero-order chi connectivity index (χ0) is 35.4. The summed E-state index contributed by atoms with van der Waals surface area (Å²) in [4.78, 5) is 41.6. The van der Waals surface area contributed by atoms with Crippen LogP contribution < -0.4 is 15.0 Å². The van der Waals surface area contributed by atoms with Crippen LogP contribution in [0, 0.1) is 0 Å². The van der Waals surface area contributed by atoms with Gasteiger partial charge in [-0.15, -0.1) is 0 Å². The number of nitrogens with one attached hydrogen (secondary N) is 1. The Morgan fingerprint density at radius 2 is 1.92 bits per heavy atom. The molecule has 2 fully saturated rings. The van der Waals surface area contributed by atoms with Crippen LogP contribution in [-0.4, -0.2) is 92.3 Å². The summed E-state index contributed by atoms with van der Waals surface area (Å²) in [6.45, 7) is 9.31. The molecule has 0 aliphatic carbocycles. The van der Waals surface area contributed by atoms with Crippen LogP contribution in [0.15, 0.2) is 35.9 Å². The first-order valence-corrected chi connectivity index (χ1v) is 16.7. The van der Waals surface area contributed by atoms with E-state index in [9.17, 15) is 19.5 Å². The Morgan fingerprint density at radius 3 is 2.56 bits per heavy atom. The maximum Gasteiger partial charge on any atom is 0.409 e. The van der Waals surface area contributed by atoms with Crippen LogP contribution >= 0.6 is 11.6 Å². The van der Waals surface area contributed by atoms with E-state index < -0.39 is 53.4 Å². The highest BCUT2D eigenvalue weighted by Crippen LogP contribution is 2.44. The van der Waals surface area contributed by atoms with E-state index in [1.54, 1.807) is 46.0 Å². The van der Waals surface area contributed by atoms with E-state index in [-0.39, 0.29) is 30.2 Å². The summed E-state index contributed by atoms with van der Waals surface area (Å²) in [5, 5.41) is 14.3. The van der Waals surface area contributed by atoms with Gasteiger partial charge in [0.2, 0.25) is 5.91 Å². The molecule has 4 heterocycles. The highest BCUT2D eigenvalue weighted by molar-refractivity contribution is 6.35. The van der Waals surface area contributed by atoms with Crippen molar-refractivity contribution in [3.05, 3.63) is 46.5 Å². The number of anilines is 1. The number of benzene rings is 1. The van der Waals surface area contributed by atoms with Crippen molar-refractivity contribution in [3.63, 3.8) is 0 Å². The maximum atomic E-state index is 14.0. The van der Waals surface area contributed by atoms with Gasteiger partial charge in [-0.2, -0.15) is 0 Å². The number of halogens is 1. The van der Waals surface area contributed by atoms with Crippen LogP contribution in [0.1, 0.15) is 72.3 Å². The molecule has 6 atom stereocenters. The first-order chi connectivity index (χ1) is 22.6. The first kappa shape index (κ1) is 37.7. The molecule has 0 spiro atoms. The minimum Gasteiger partial charge on any atom is -0.495 e. The van der Waals surface area contributed by atoms with Gasteiger partial charge in [-0.05, 0) is 58.2 Å². The Morgan fingerprint density at radius 1 is 1.21 bits per heavy atom. The third-order valence-electron chi connectivity index (χ3n) is 9.18. The van der Waals surface area contributed by atoms with Gasteiger partial charge in [0, 0.05) is 33.6 Å². The van der Waals surface area contributed by atoms with Gasteiger partial charge in [0.1, 0.15) is 34.7 Å². The normalized spacial score (nSPS) is 31.5. The number of hydrogen-bond donors (Lipinski definition) is 2. The van der Waals surface area contributed by atoms with Crippen molar-refractivity contribution in [1.29, 1.82) is 0 Å². The third kappa shape index (κ3) is 8.34. The molecular weight excluding hydrogens is 644 g/mol. The van der Waals surface area contributed by atoms with E-state index in [0.29, 0.717) is 24.5 Å². The lowest BCUT2D eigenvalue weighted by Crippen LogP contribution is -2.68. The van der Waals surface area contributed by atoms with E-state index in [2.05, 4.69) is 5.32 Å². The summed E-state index contributed by atoms with van der Waals surface area (Å²) in [6.07, 6.45) is 3.10. The van der Waals surface area contributed by atoms with Crippen LogP contribution in [0.2, 0.25) is 5.02 Å². The smallest absolute Gasteiger partial charge is 0.409 e. The largest absolute Gasteiger partial charge is 0.495 e. The van der Waals surface area contributed by atoms with Crippen LogP contribution in [0.5, 0.6) is 5.75 Å². The second kappa shape index (κ2) is 15.2. The van der Waals surface area contributed by atoms with Crippen LogP contribution in [0.25, 0.3) is 0 Å². The summed E-state index contributed by atoms with van der Waals surface area (Å²) in [6, 6.07) is 3.62. The minimum absolute atomic E-state index is 0.0421. The Bertz CT molecular complexity index is 1420. The molecule has 4 aliphatic heterocycles. The molecule has 2 N–H and O–H groups in total. The summed E-state index contributed by atoms with van der Waals surface area (Å²) in [5.41, 5.74) is -2.01. The predicted octanol–water partition coefficient (Wildman–Crippen LogP) is 5.02. The second-order valence-corrected chi connectivity index (χ2v) is 13.9. The number of amides is 2. The second-order valence-electron chi connectivity index (χ2n) is 13.5. The zero-order valence-corrected chi connectivity index (χ0v) is 29.8. The Hall–Kier alpha value is -3.16. The molecule has 1 unspecified atom stereocenters. The number of methoxy groups -OCH3 is 2. The fourth-order valence-corrected chi connectivity index (χ4v) is 6.48. The molecule has 48 heavy (non-hydrogen) atoms. The zero-order valence-electron chi connectivity index (χ0n) is 29.1. The number of aliphatic hydroxyl groups is 1. The standard InChI is InChI=1S/C35H49ClN2O10/c1-9-10-14-45-33(3,4)31(40)47-28-18-29(39)38(6)23-16-22(17-24(43-7)30(23)36)15-21(2)12-11-13-27(44-8)35(42)20-25(46-32(41)37-35)26-19-34(28,5)48-26/h11-13,16-17,25-28,42H,9-10,14-15,18-20H2,1-8H3,(H,37,41)/b13-11+,21-12+/t25?,26-,27-,28+,34-,35+/m1/s1. The number of nitrogens with zero attached hydrogens (tertiary/aromatic N) is 1. The van der Waals surface area contributed by atoms with Crippen molar-refractivity contribution in [2.75, 3.05) is 32.8 Å². The van der Waals surface area contributed by atoms with Gasteiger partial charge in [-0.25, -0.2) is 9.59 Å². The van der Waals surface area contributed by atoms with Gasteiger partial charge in [0.25, 0.3) is 0 Å². The number of unbranched alkanes of at least 4 members (excludes halogenated alkanes) is 1. The molecule has 2 amide bonds. The van der Waals surface area contributed by atoms with Crippen molar-refractivity contribution >= 4 is 35.3 Å². The van der Waals surface area contributed by atoms with Crippen LogP contribution in [-0.2, 0) is 39.7 Å². The van der Waals surface area contributed by atoms with E-state index in [1.165, 1.54) is 19.1 Å². The molecule has 266 valence electrons. The number of allylic oxidation sites excluding steroid dienone is 3. The van der Waals surface area contributed by atoms with Gasteiger partial charge < -0.3 is 38.4 Å². The molecule has 5 rings (SSSR count). The van der Waals surface area contributed by atoms with Crippen molar-refractivity contribution in [2.24, 2.45) is 0 Å². The molecule has 0 radical (unpaired) electrons. The lowest BCUT2D eigenvalue weighted by atomic mass is 9.79. The van der Waals surface area contributed by atoms with Gasteiger partial charge in [0.05, 0.1) is 25.3 Å². The quantitative estimate of drug-likeness (QED) is 0.282. The maximum absolute atomic E-state index is 14.0. The lowest BCUT2D eigenvalue weighted by Gasteiger charge is -2.53. The SMILES string of the molecule is CCCCOC(C)(C)C(=O)O[C@H]1CC(=O)N(C)c2cc(cc(OC)c2Cl)C/C(C)=C/C=C/[C@@H](OC)[C@@]2(O)CC(OC(=O)N2)[C@H]2C[C@@]1(C)O2. The molecule has 1 aromatic carbocycles. The highest BCUT2D eigenvalue weighted by atomic mass is 35.5. The summed E-state index contributed by atoms with van der Waals surface area (Å²) in [7, 11) is 4.54. The van der Waals surface area contributed by atoms with Crippen LogP contribution in [0.3, 0.4) is 0 Å². The van der Waals surface area contributed by atoms with Crippen molar-refractivity contribution in [2.45, 2.75) is 114 Å². The Balaban J connectivity index is 1.75. The average Bonchev–Trinajstić information content (AvgIpc) is 3.00. The van der Waals surface area contributed by atoms with Gasteiger partial charge in [-0.1, -0.05) is 48.7 Å². The van der Waals surface area contributed by atoms with E-state index in [4.69, 9.17) is 40.0 Å². The number of alkyl carbamates (subject to hydrolysis) is 1. The topological polar surface area (TPSA) is 142 Å². The number of fused-ring (bicyclic) bond motifs is 6. The van der Waals surface area contributed by atoms with Gasteiger partial charge in [-0.3, -0.25) is 10.1 Å². The number of esters is 1. The van der Waals surface area contributed by atoms with Crippen molar-refractivity contribution in [3.8, 4) is 5.75 Å². The molecule has 6 bridgehead atoms. The number of carbonyl (C=O) groups is 3. The van der Waals surface area contributed by atoms with E-state index in [1.807, 2.05) is 26.0 Å². The first-order valence-electron chi connectivity index (χ1n) is 16.3.